The fraction of sp³-hybridized carbons (Fsp3) is 0.308. The van der Waals surface area contributed by atoms with Gasteiger partial charge in [0.05, 0.1) is 19.2 Å². The highest BCUT2D eigenvalue weighted by atomic mass is 31.0. The van der Waals surface area contributed by atoms with E-state index in [1.54, 1.807) is 17.5 Å². The van der Waals surface area contributed by atoms with Crippen molar-refractivity contribution in [3.8, 4) is 0 Å². The van der Waals surface area contributed by atoms with Gasteiger partial charge >= 0.3 is 11.9 Å². The predicted octanol–water partition coefficient (Wildman–Crippen LogP) is 2.79. The van der Waals surface area contributed by atoms with Crippen molar-refractivity contribution in [3.05, 3.63) is 34.6 Å². The molecule has 0 radical (unpaired) electrons. The molecule has 5 nitrogen and oxygen atoms in total. The number of rotatable bonds is 3. The topological polar surface area (TPSA) is 57.0 Å². The lowest BCUT2D eigenvalue weighted by molar-refractivity contribution is 0.0533. The van der Waals surface area contributed by atoms with E-state index < -0.39 is 11.9 Å². The van der Waals surface area contributed by atoms with Gasteiger partial charge in [0.1, 0.15) is 5.30 Å². The first kappa shape index (κ1) is 13.6. The van der Waals surface area contributed by atoms with Crippen LogP contribution in [0.5, 0.6) is 0 Å². The van der Waals surface area contributed by atoms with Crippen LogP contribution in [0, 0.1) is 6.92 Å². The minimum absolute atomic E-state index is 0.303. The first-order chi connectivity index (χ1) is 9.08. The van der Waals surface area contributed by atoms with Crippen molar-refractivity contribution < 1.29 is 19.1 Å². The highest BCUT2D eigenvalue weighted by molar-refractivity contribution is 7.35. The molecule has 0 atom stereocenters. The average molecular weight is 279 g/mol. The molecule has 6 heteroatoms. The summed E-state index contributed by atoms with van der Waals surface area (Å²) in [5.41, 5.74) is 2.09. The Morgan fingerprint density at radius 1 is 1.37 bits per heavy atom. The normalized spacial score (nSPS) is 10.9. The standard InChI is InChI=1S/C13H14NO4P/c1-4-18-12(15)10-9-7-8(2)5-6-14(9)11(19-10)13(16)17-3/h5-7H,4H2,1-3H3. The van der Waals surface area contributed by atoms with Crippen LogP contribution in [0.1, 0.15) is 32.8 Å². The molecule has 0 saturated heterocycles. The molecular formula is C13H14NO4P. The maximum Gasteiger partial charge on any atom is 0.359 e. The van der Waals surface area contributed by atoms with Crippen LogP contribution < -0.4 is 0 Å². The molecule has 0 amide bonds. The molecule has 0 unspecified atom stereocenters. The van der Waals surface area contributed by atoms with Crippen LogP contribution in [-0.4, -0.2) is 30.1 Å². The second-order valence-corrected chi connectivity index (χ2v) is 5.05. The largest absolute Gasteiger partial charge is 0.464 e. The molecule has 0 aliphatic heterocycles. The minimum atomic E-state index is -0.448. The first-order valence-corrected chi connectivity index (χ1v) is 6.72. The summed E-state index contributed by atoms with van der Waals surface area (Å²) in [5.74, 6) is -0.849. The lowest BCUT2D eigenvalue weighted by Crippen LogP contribution is -2.04. The fourth-order valence-corrected chi connectivity index (χ4v) is 2.89. The third kappa shape index (κ3) is 2.47. The maximum absolute atomic E-state index is 11.9. The lowest BCUT2D eigenvalue weighted by atomic mass is 10.2. The monoisotopic (exact) mass is 279 g/mol. The van der Waals surface area contributed by atoms with Crippen LogP contribution in [-0.2, 0) is 9.47 Å². The number of pyridine rings is 1. The summed E-state index contributed by atoms with van der Waals surface area (Å²) in [6.45, 7) is 3.98. The Morgan fingerprint density at radius 3 is 2.74 bits per heavy atom. The van der Waals surface area contributed by atoms with Crippen molar-refractivity contribution in [3.63, 3.8) is 0 Å². The van der Waals surface area contributed by atoms with E-state index in [4.69, 9.17) is 9.47 Å². The van der Waals surface area contributed by atoms with E-state index in [-0.39, 0.29) is 0 Å². The Kier molecular flexibility index (Phi) is 3.86. The molecule has 0 fully saturated rings. The molecule has 2 aromatic rings. The van der Waals surface area contributed by atoms with Gasteiger partial charge in [-0.25, -0.2) is 9.59 Å². The van der Waals surface area contributed by atoms with E-state index in [0.29, 0.717) is 31.0 Å². The zero-order chi connectivity index (χ0) is 14.0. The Morgan fingerprint density at radius 2 is 2.11 bits per heavy atom. The highest BCUT2D eigenvalue weighted by Gasteiger charge is 2.21. The minimum Gasteiger partial charge on any atom is -0.464 e. The fourth-order valence-electron chi connectivity index (χ4n) is 1.77. The van der Waals surface area contributed by atoms with E-state index in [1.165, 1.54) is 7.11 Å². The van der Waals surface area contributed by atoms with Gasteiger partial charge in [0, 0.05) is 6.20 Å². The smallest absolute Gasteiger partial charge is 0.359 e. The van der Waals surface area contributed by atoms with Gasteiger partial charge in [-0.1, -0.05) is 0 Å². The molecule has 0 saturated carbocycles. The molecule has 100 valence electrons. The van der Waals surface area contributed by atoms with Crippen molar-refractivity contribution in [2.45, 2.75) is 13.8 Å². The number of hydrogen-bond acceptors (Lipinski definition) is 4. The van der Waals surface area contributed by atoms with E-state index in [2.05, 4.69) is 0 Å². The number of esters is 2. The van der Waals surface area contributed by atoms with E-state index in [9.17, 15) is 9.59 Å². The summed E-state index contributed by atoms with van der Waals surface area (Å²) in [5, 5.41) is 0.464. The van der Waals surface area contributed by atoms with Crippen molar-refractivity contribution in [1.29, 1.82) is 0 Å². The lowest BCUT2D eigenvalue weighted by Gasteiger charge is -2.02. The molecule has 0 aliphatic carbocycles. The van der Waals surface area contributed by atoms with Gasteiger partial charge in [-0.3, -0.25) is 0 Å². The molecule has 0 aromatic carbocycles. The van der Waals surface area contributed by atoms with Gasteiger partial charge in [0.25, 0.3) is 0 Å². The maximum atomic E-state index is 11.9. The van der Waals surface area contributed by atoms with Gasteiger partial charge in [-0.2, -0.15) is 0 Å². The second-order valence-electron chi connectivity index (χ2n) is 3.96. The van der Waals surface area contributed by atoms with Gasteiger partial charge in [0.2, 0.25) is 0 Å². The third-order valence-corrected chi connectivity index (χ3v) is 3.88. The Bertz CT molecular complexity index is 647. The summed E-state index contributed by atoms with van der Waals surface area (Å²) >= 11 is 0. The Labute approximate surface area is 112 Å². The van der Waals surface area contributed by atoms with Gasteiger partial charge in [-0.15, -0.1) is 0 Å². The molecular weight excluding hydrogens is 265 g/mol. The second kappa shape index (κ2) is 5.41. The number of nitrogens with zero attached hydrogens (tertiary/aromatic N) is 1. The van der Waals surface area contributed by atoms with E-state index in [1.807, 2.05) is 19.1 Å². The van der Waals surface area contributed by atoms with Crippen LogP contribution in [0.3, 0.4) is 0 Å². The van der Waals surface area contributed by atoms with E-state index >= 15 is 0 Å². The van der Waals surface area contributed by atoms with Crippen LogP contribution in [0.2, 0.25) is 0 Å². The van der Waals surface area contributed by atoms with Gasteiger partial charge in [-0.05, 0) is 39.7 Å². The van der Waals surface area contributed by atoms with Gasteiger partial charge in [0.15, 0.2) is 5.43 Å². The molecule has 0 spiro atoms. The SMILES string of the molecule is CCOC(=O)c1pc(C(=O)OC)n2ccc(C)cc12. The predicted molar refractivity (Wildman–Crippen MR) is 71.9 cm³/mol. The summed E-state index contributed by atoms with van der Waals surface area (Å²) in [4.78, 5) is 23.7. The Balaban J connectivity index is 2.66. The number of carbonyl (C=O) groups is 2. The summed E-state index contributed by atoms with van der Waals surface area (Å²) in [7, 11) is 1.83. The number of methoxy groups -OCH3 is 1. The zero-order valence-corrected chi connectivity index (χ0v) is 11.9. The number of fused-ring (bicyclic) bond motifs is 1. The molecule has 2 heterocycles. The van der Waals surface area contributed by atoms with Gasteiger partial charge < -0.3 is 13.9 Å². The average Bonchev–Trinajstić information content (AvgIpc) is 2.76. The summed E-state index contributed by atoms with van der Waals surface area (Å²) in [6.07, 6.45) is 1.76. The van der Waals surface area contributed by atoms with Crippen molar-refractivity contribution in [1.82, 2.24) is 4.40 Å². The molecule has 0 N–H and O–H groups in total. The quantitative estimate of drug-likeness (QED) is 0.811. The number of carbonyl (C=O) groups excluding carboxylic acids is 2. The number of hydrogen-bond donors (Lipinski definition) is 0. The summed E-state index contributed by atoms with van der Waals surface area (Å²) < 4.78 is 11.4. The zero-order valence-electron chi connectivity index (χ0n) is 11.0. The highest BCUT2D eigenvalue weighted by Crippen LogP contribution is 2.30. The third-order valence-electron chi connectivity index (χ3n) is 2.64. The van der Waals surface area contributed by atoms with Crippen LogP contribution in [0.4, 0.5) is 0 Å². The van der Waals surface area contributed by atoms with Crippen molar-refractivity contribution in [2.75, 3.05) is 13.7 Å². The molecule has 2 aromatic heterocycles. The van der Waals surface area contributed by atoms with Crippen LogP contribution in [0.15, 0.2) is 18.3 Å². The van der Waals surface area contributed by atoms with Crippen LogP contribution >= 0.6 is 8.19 Å². The number of aryl methyl sites for hydroxylation is 1. The van der Waals surface area contributed by atoms with Crippen LogP contribution in [0.25, 0.3) is 5.52 Å². The number of ether oxygens (including phenoxy) is 2. The molecule has 2 rings (SSSR count). The van der Waals surface area contributed by atoms with E-state index in [0.717, 1.165) is 5.56 Å². The number of aromatic nitrogens is 1. The molecule has 0 bridgehead atoms. The molecule has 19 heavy (non-hydrogen) atoms. The van der Waals surface area contributed by atoms with Crippen molar-refractivity contribution in [2.24, 2.45) is 0 Å². The van der Waals surface area contributed by atoms with Crippen molar-refractivity contribution >= 4 is 25.6 Å². The Hall–Kier alpha value is -1.87. The molecule has 0 aliphatic rings. The first-order valence-electron chi connectivity index (χ1n) is 5.82. The summed E-state index contributed by atoms with van der Waals surface area (Å²) in [6, 6.07) is 3.73.